The highest BCUT2D eigenvalue weighted by Gasteiger charge is 2.10. The van der Waals surface area contributed by atoms with Gasteiger partial charge in [0.25, 0.3) is 0 Å². The number of carbonyl (C=O) groups excluding carboxylic acids is 1. The lowest BCUT2D eigenvalue weighted by atomic mass is 10.1. The maximum absolute atomic E-state index is 11.3. The van der Waals surface area contributed by atoms with Gasteiger partial charge >= 0.3 is 0 Å². The van der Waals surface area contributed by atoms with E-state index in [1.807, 2.05) is 55.5 Å². The second-order valence-corrected chi connectivity index (χ2v) is 3.92. The van der Waals surface area contributed by atoms with Crippen LogP contribution in [0.15, 0.2) is 60.3 Å². The molecule has 86 valence electrons. The molecule has 0 atom stereocenters. The van der Waals surface area contributed by atoms with Gasteiger partial charge in [0, 0.05) is 5.70 Å². The Labute approximate surface area is 102 Å². The van der Waals surface area contributed by atoms with Crippen molar-refractivity contribution in [2.75, 3.05) is 4.90 Å². The van der Waals surface area contributed by atoms with Crippen molar-refractivity contribution in [2.45, 2.75) is 13.3 Å². The summed E-state index contributed by atoms with van der Waals surface area (Å²) in [6, 6.07) is 7.87. The van der Waals surface area contributed by atoms with Crippen molar-refractivity contribution >= 4 is 12.1 Å². The normalized spacial score (nSPS) is 14.1. The summed E-state index contributed by atoms with van der Waals surface area (Å²) in [5.41, 5.74) is 2.90. The predicted molar refractivity (Wildman–Crippen MR) is 70.7 cm³/mol. The van der Waals surface area contributed by atoms with E-state index >= 15 is 0 Å². The number of hydrogen-bond donors (Lipinski definition) is 0. The fourth-order valence-electron chi connectivity index (χ4n) is 1.82. The largest absolute Gasteiger partial charge is 0.283 e. The van der Waals surface area contributed by atoms with E-state index in [9.17, 15) is 4.79 Å². The van der Waals surface area contributed by atoms with Crippen molar-refractivity contribution in [3.05, 3.63) is 65.9 Å². The Morgan fingerprint density at radius 3 is 2.82 bits per heavy atom. The molecular formula is C15H15NO. The summed E-state index contributed by atoms with van der Waals surface area (Å²) < 4.78 is 0. The Hall–Kier alpha value is -2.09. The van der Waals surface area contributed by atoms with Crippen LogP contribution < -0.4 is 4.90 Å². The number of hydrogen-bond acceptors (Lipinski definition) is 1. The van der Waals surface area contributed by atoms with Gasteiger partial charge in [0.2, 0.25) is 6.41 Å². The molecule has 0 heterocycles. The van der Waals surface area contributed by atoms with Crippen molar-refractivity contribution < 1.29 is 4.79 Å². The van der Waals surface area contributed by atoms with Crippen molar-refractivity contribution in [3.63, 3.8) is 0 Å². The average molecular weight is 225 g/mol. The molecule has 0 saturated heterocycles. The van der Waals surface area contributed by atoms with Gasteiger partial charge in [-0.2, -0.15) is 0 Å². The number of allylic oxidation sites excluding steroid dienone is 5. The summed E-state index contributed by atoms with van der Waals surface area (Å²) in [5.74, 6) is 0. The third kappa shape index (κ3) is 2.53. The number of rotatable bonds is 3. The molecule has 0 bridgehead atoms. The number of nitrogens with zero attached hydrogens (tertiary/aromatic N) is 1. The van der Waals surface area contributed by atoms with Crippen LogP contribution in [-0.4, -0.2) is 6.41 Å². The second-order valence-electron chi connectivity index (χ2n) is 3.92. The van der Waals surface area contributed by atoms with E-state index in [1.165, 1.54) is 0 Å². The molecule has 0 unspecified atom stereocenters. The molecule has 0 fully saturated rings. The average Bonchev–Trinajstić information content (AvgIpc) is 2.62. The summed E-state index contributed by atoms with van der Waals surface area (Å²) in [5, 5.41) is 0. The molecule has 2 rings (SSSR count). The molecule has 1 aromatic carbocycles. The van der Waals surface area contributed by atoms with Crippen molar-refractivity contribution in [1.29, 1.82) is 0 Å². The van der Waals surface area contributed by atoms with Gasteiger partial charge in [0.05, 0.1) is 5.69 Å². The molecule has 0 aliphatic heterocycles. The van der Waals surface area contributed by atoms with Crippen LogP contribution >= 0.6 is 0 Å². The van der Waals surface area contributed by atoms with Gasteiger partial charge in [-0.1, -0.05) is 36.4 Å². The highest BCUT2D eigenvalue weighted by molar-refractivity contribution is 5.82. The van der Waals surface area contributed by atoms with Crippen LogP contribution in [0.5, 0.6) is 0 Å². The quantitative estimate of drug-likeness (QED) is 0.722. The molecule has 17 heavy (non-hydrogen) atoms. The van der Waals surface area contributed by atoms with Gasteiger partial charge in [0.1, 0.15) is 0 Å². The summed E-state index contributed by atoms with van der Waals surface area (Å²) in [6.07, 6.45) is 11.8. The summed E-state index contributed by atoms with van der Waals surface area (Å²) in [6.45, 7) is 2.00. The van der Waals surface area contributed by atoms with Crippen LogP contribution in [0, 0.1) is 6.92 Å². The van der Waals surface area contributed by atoms with E-state index in [2.05, 4.69) is 6.08 Å². The van der Waals surface area contributed by atoms with Crippen LogP contribution in [0.1, 0.15) is 12.0 Å². The minimum absolute atomic E-state index is 0.859. The van der Waals surface area contributed by atoms with Gasteiger partial charge < -0.3 is 0 Å². The number of aryl methyl sites for hydroxylation is 1. The Bertz CT molecular complexity index is 497. The van der Waals surface area contributed by atoms with Crippen molar-refractivity contribution in [1.82, 2.24) is 0 Å². The Morgan fingerprint density at radius 2 is 2.06 bits per heavy atom. The number of benzene rings is 1. The molecule has 0 radical (unpaired) electrons. The van der Waals surface area contributed by atoms with E-state index in [0.717, 1.165) is 29.8 Å². The highest BCUT2D eigenvalue weighted by Crippen LogP contribution is 2.23. The second kappa shape index (κ2) is 5.30. The Kier molecular flexibility index (Phi) is 3.55. The number of anilines is 1. The van der Waals surface area contributed by atoms with E-state index in [-0.39, 0.29) is 0 Å². The van der Waals surface area contributed by atoms with Crippen LogP contribution in [0.2, 0.25) is 0 Å². The highest BCUT2D eigenvalue weighted by atomic mass is 16.1. The lowest BCUT2D eigenvalue weighted by molar-refractivity contribution is -0.107. The van der Waals surface area contributed by atoms with E-state index in [0.29, 0.717) is 0 Å². The smallest absolute Gasteiger partial charge is 0.218 e. The standard InChI is InChI=1S/C15H15NO/c1-13-8-6-7-11-15(13)16(12-17)14-9-4-2-3-5-10-14/h2,4-12H,3H2,1H3. The van der Waals surface area contributed by atoms with Gasteiger partial charge in [-0.05, 0) is 37.1 Å². The van der Waals surface area contributed by atoms with Crippen LogP contribution in [-0.2, 0) is 4.79 Å². The van der Waals surface area contributed by atoms with E-state index in [4.69, 9.17) is 0 Å². The fraction of sp³-hybridized carbons (Fsp3) is 0.133. The molecule has 2 heteroatoms. The lowest BCUT2D eigenvalue weighted by Gasteiger charge is -2.20. The van der Waals surface area contributed by atoms with Gasteiger partial charge in [-0.25, -0.2) is 0 Å². The Balaban J connectivity index is 2.40. The molecule has 0 aromatic heterocycles. The maximum Gasteiger partial charge on any atom is 0.218 e. The van der Waals surface area contributed by atoms with Crippen LogP contribution in [0.3, 0.4) is 0 Å². The molecular weight excluding hydrogens is 210 g/mol. The summed E-state index contributed by atoms with van der Waals surface area (Å²) in [7, 11) is 0. The first kappa shape index (κ1) is 11.4. The topological polar surface area (TPSA) is 20.3 Å². The lowest BCUT2D eigenvalue weighted by Crippen LogP contribution is -2.19. The van der Waals surface area contributed by atoms with E-state index in [1.54, 1.807) is 4.90 Å². The minimum Gasteiger partial charge on any atom is -0.283 e. The van der Waals surface area contributed by atoms with E-state index < -0.39 is 0 Å². The monoisotopic (exact) mass is 225 g/mol. The fourth-order valence-corrected chi connectivity index (χ4v) is 1.82. The summed E-state index contributed by atoms with van der Waals surface area (Å²) >= 11 is 0. The zero-order valence-corrected chi connectivity index (χ0v) is 9.84. The molecule has 0 spiro atoms. The minimum atomic E-state index is 0.859. The van der Waals surface area contributed by atoms with Crippen molar-refractivity contribution in [3.8, 4) is 0 Å². The molecule has 0 N–H and O–H groups in total. The maximum atomic E-state index is 11.3. The third-order valence-corrected chi connectivity index (χ3v) is 2.72. The number of carbonyl (C=O) groups is 1. The van der Waals surface area contributed by atoms with Crippen molar-refractivity contribution in [2.24, 2.45) is 0 Å². The Morgan fingerprint density at radius 1 is 1.24 bits per heavy atom. The third-order valence-electron chi connectivity index (χ3n) is 2.72. The first-order valence-electron chi connectivity index (χ1n) is 5.66. The zero-order chi connectivity index (χ0) is 12.1. The molecule has 1 aromatic rings. The number of amides is 1. The predicted octanol–water partition coefficient (Wildman–Crippen LogP) is 3.36. The molecule has 1 aliphatic carbocycles. The first-order valence-corrected chi connectivity index (χ1v) is 5.66. The van der Waals surface area contributed by atoms with Gasteiger partial charge in [0.15, 0.2) is 0 Å². The SMILES string of the molecule is Cc1ccccc1N(C=O)C1=CC=CCC=C1. The van der Waals surface area contributed by atoms with Crippen LogP contribution in [0.4, 0.5) is 5.69 Å². The van der Waals surface area contributed by atoms with Crippen LogP contribution in [0.25, 0.3) is 0 Å². The summed E-state index contributed by atoms with van der Waals surface area (Å²) in [4.78, 5) is 13.0. The zero-order valence-electron chi connectivity index (χ0n) is 9.84. The molecule has 1 amide bonds. The molecule has 2 nitrogen and oxygen atoms in total. The molecule has 1 aliphatic rings. The van der Waals surface area contributed by atoms with Gasteiger partial charge in [-0.15, -0.1) is 0 Å². The molecule has 0 saturated carbocycles. The number of para-hydroxylation sites is 1. The van der Waals surface area contributed by atoms with Gasteiger partial charge in [-0.3, -0.25) is 9.69 Å². The first-order chi connectivity index (χ1) is 8.33.